The standard InChI is InChI=1S/C17H28N2O/c1-3-20-17-6-4-5-16(13-17)14-18-9-12-19-10-7-15(2)8-11-19/h4-6,13,15,18H,3,7-12,14H2,1-2H3. The largest absolute Gasteiger partial charge is 0.494 e. The van der Waals surface area contributed by atoms with Crippen molar-refractivity contribution in [1.29, 1.82) is 0 Å². The SMILES string of the molecule is CCOc1cccc(CNCCN2CCC(C)CC2)c1. The Morgan fingerprint density at radius 1 is 1.30 bits per heavy atom. The van der Waals surface area contributed by atoms with Gasteiger partial charge in [0.25, 0.3) is 0 Å². The average molecular weight is 276 g/mol. The first kappa shape index (κ1) is 15.3. The summed E-state index contributed by atoms with van der Waals surface area (Å²) in [6.07, 6.45) is 2.72. The zero-order chi connectivity index (χ0) is 14.2. The lowest BCUT2D eigenvalue weighted by atomic mass is 9.99. The second kappa shape index (κ2) is 8.28. The maximum absolute atomic E-state index is 5.52. The fraction of sp³-hybridized carbons (Fsp3) is 0.647. The van der Waals surface area contributed by atoms with Crippen molar-refractivity contribution >= 4 is 0 Å². The highest BCUT2D eigenvalue weighted by Crippen LogP contribution is 2.15. The summed E-state index contributed by atoms with van der Waals surface area (Å²) in [5.74, 6) is 1.89. The zero-order valence-corrected chi connectivity index (χ0v) is 12.9. The molecule has 1 aliphatic rings. The lowest BCUT2D eigenvalue weighted by molar-refractivity contribution is 0.193. The average Bonchev–Trinajstić information content (AvgIpc) is 2.46. The number of nitrogens with one attached hydrogen (secondary N) is 1. The molecule has 2 rings (SSSR count). The molecule has 1 aliphatic heterocycles. The number of hydrogen-bond donors (Lipinski definition) is 1. The second-order valence-electron chi connectivity index (χ2n) is 5.78. The Morgan fingerprint density at radius 2 is 2.10 bits per heavy atom. The van der Waals surface area contributed by atoms with Crippen LogP contribution in [0.4, 0.5) is 0 Å². The van der Waals surface area contributed by atoms with Gasteiger partial charge in [-0.1, -0.05) is 19.1 Å². The van der Waals surface area contributed by atoms with E-state index in [2.05, 4.69) is 35.3 Å². The van der Waals surface area contributed by atoms with Gasteiger partial charge in [-0.05, 0) is 56.5 Å². The second-order valence-corrected chi connectivity index (χ2v) is 5.78. The molecule has 3 heteroatoms. The molecule has 1 aromatic rings. The normalized spacial score (nSPS) is 17.3. The maximum Gasteiger partial charge on any atom is 0.119 e. The van der Waals surface area contributed by atoms with Crippen LogP contribution in [-0.4, -0.2) is 37.7 Å². The summed E-state index contributed by atoms with van der Waals surface area (Å²) in [7, 11) is 0. The van der Waals surface area contributed by atoms with Crippen molar-refractivity contribution in [3.63, 3.8) is 0 Å². The highest BCUT2D eigenvalue weighted by molar-refractivity contribution is 5.28. The molecule has 0 atom stereocenters. The third-order valence-electron chi connectivity index (χ3n) is 4.02. The van der Waals surface area contributed by atoms with Gasteiger partial charge in [0, 0.05) is 19.6 Å². The van der Waals surface area contributed by atoms with Crippen LogP contribution in [-0.2, 0) is 6.54 Å². The number of ether oxygens (including phenoxy) is 1. The molecule has 0 bridgehead atoms. The molecular formula is C17H28N2O. The summed E-state index contributed by atoms with van der Waals surface area (Å²) in [5, 5.41) is 3.53. The smallest absolute Gasteiger partial charge is 0.119 e. The van der Waals surface area contributed by atoms with Gasteiger partial charge in [0.1, 0.15) is 5.75 Å². The summed E-state index contributed by atoms with van der Waals surface area (Å²) < 4.78 is 5.52. The maximum atomic E-state index is 5.52. The van der Waals surface area contributed by atoms with E-state index in [0.29, 0.717) is 0 Å². The van der Waals surface area contributed by atoms with Crippen LogP contribution in [0.2, 0.25) is 0 Å². The molecule has 112 valence electrons. The first-order chi connectivity index (χ1) is 9.78. The third kappa shape index (κ3) is 5.14. The molecule has 0 saturated carbocycles. The monoisotopic (exact) mass is 276 g/mol. The van der Waals surface area contributed by atoms with Gasteiger partial charge in [0.2, 0.25) is 0 Å². The van der Waals surface area contributed by atoms with E-state index in [9.17, 15) is 0 Å². The van der Waals surface area contributed by atoms with Gasteiger partial charge in [-0.25, -0.2) is 0 Å². The van der Waals surface area contributed by atoms with Gasteiger partial charge in [-0.15, -0.1) is 0 Å². The number of rotatable bonds is 7. The quantitative estimate of drug-likeness (QED) is 0.775. The molecule has 0 spiro atoms. The van der Waals surface area contributed by atoms with Crippen molar-refractivity contribution in [3.8, 4) is 5.75 Å². The number of nitrogens with zero attached hydrogens (tertiary/aromatic N) is 1. The van der Waals surface area contributed by atoms with Gasteiger partial charge in [0.05, 0.1) is 6.61 Å². The van der Waals surface area contributed by atoms with Crippen molar-refractivity contribution < 1.29 is 4.74 Å². The topological polar surface area (TPSA) is 24.5 Å². The van der Waals surface area contributed by atoms with E-state index < -0.39 is 0 Å². The van der Waals surface area contributed by atoms with Crippen molar-refractivity contribution in [3.05, 3.63) is 29.8 Å². The molecule has 1 aromatic carbocycles. The summed E-state index contributed by atoms with van der Waals surface area (Å²) in [6, 6.07) is 8.35. The Hall–Kier alpha value is -1.06. The highest BCUT2D eigenvalue weighted by Gasteiger charge is 2.14. The minimum absolute atomic E-state index is 0.726. The highest BCUT2D eigenvalue weighted by atomic mass is 16.5. The van der Waals surface area contributed by atoms with Crippen LogP contribution in [0.3, 0.4) is 0 Å². The minimum Gasteiger partial charge on any atom is -0.494 e. The summed E-state index contributed by atoms with van der Waals surface area (Å²) >= 11 is 0. The predicted molar refractivity (Wildman–Crippen MR) is 84.2 cm³/mol. The zero-order valence-electron chi connectivity index (χ0n) is 12.9. The van der Waals surface area contributed by atoms with E-state index >= 15 is 0 Å². The van der Waals surface area contributed by atoms with E-state index in [1.165, 1.54) is 31.5 Å². The lowest BCUT2D eigenvalue weighted by Crippen LogP contribution is -2.37. The summed E-state index contributed by atoms with van der Waals surface area (Å²) in [5.41, 5.74) is 1.29. The molecule has 1 saturated heterocycles. The van der Waals surface area contributed by atoms with Crippen molar-refractivity contribution in [2.45, 2.75) is 33.2 Å². The molecule has 1 fully saturated rings. The predicted octanol–water partition coefficient (Wildman–Crippen LogP) is 2.91. The molecule has 1 heterocycles. The molecule has 20 heavy (non-hydrogen) atoms. The molecule has 0 aromatic heterocycles. The van der Waals surface area contributed by atoms with E-state index in [4.69, 9.17) is 4.74 Å². The Labute approximate surface area is 123 Å². The molecule has 0 aliphatic carbocycles. The van der Waals surface area contributed by atoms with Gasteiger partial charge in [-0.3, -0.25) is 0 Å². The molecular weight excluding hydrogens is 248 g/mol. The fourth-order valence-electron chi connectivity index (χ4n) is 2.67. The van der Waals surface area contributed by atoms with E-state index in [0.717, 1.165) is 37.9 Å². The molecule has 3 nitrogen and oxygen atoms in total. The van der Waals surface area contributed by atoms with Crippen LogP contribution in [0, 0.1) is 5.92 Å². The first-order valence-electron chi connectivity index (χ1n) is 7.92. The Kier molecular flexibility index (Phi) is 6.34. The van der Waals surface area contributed by atoms with E-state index in [-0.39, 0.29) is 0 Å². The minimum atomic E-state index is 0.726. The number of likely N-dealkylation sites (tertiary alicyclic amines) is 1. The number of hydrogen-bond acceptors (Lipinski definition) is 3. The number of benzene rings is 1. The van der Waals surface area contributed by atoms with Gasteiger partial charge in [0.15, 0.2) is 0 Å². The number of piperidine rings is 1. The summed E-state index contributed by atoms with van der Waals surface area (Å²) in [6.45, 7) is 10.8. The van der Waals surface area contributed by atoms with Crippen LogP contribution in [0.1, 0.15) is 32.3 Å². The molecule has 0 radical (unpaired) electrons. The van der Waals surface area contributed by atoms with Crippen LogP contribution >= 0.6 is 0 Å². The van der Waals surface area contributed by atoms with Crippen LogP contribution in [0.5, 0.6) is 5.75 Å². The van der Waals surface area contributed by atoms with Crippen molar-refractivity contribution in [2.24, 2.45) is 5.92 Å². The van der Waals surface area contributed by atoms with Gasteiger partial charge >= 0.3 is 0 Å². The van der Waals surface area contributed by atoms with Crippen molar-refractivity contribution in [2.75, 3.05) is 32.8 Å². The fourth-order valence-corrected chi connectivity index (χ4v) is 2.67. The molecule has 0 amide bonds. The van der Waals surface area contributed by atoms with Crippen LogP contribution < -0.4 is 10.1 Å². The molecule has 0 unspecified atom stereocenters. The first-order valence-corrected chi connectivity index (χ1v) is 7.92. The van der Waals surface area contributed by atoms with Gasteiger partial charge < -0.3 is 15.0 Å². The van der Waals surface area contributed by atoms with Crippen molar-refractivity contribution in [1.82, 2.24) is 10.2 Å². The van der Waals surface area contributed by atoms with Crippen LogP contribution in [0.25, 0.3) is 0 Å². The Bertz CT molecular complexity index is 386. The lowest BCUT2D eigenvalue weighted by Gasteiger charge is -2.30. The van der Waals surface area contributed by atoms with Gasteiger partial charge in [-0.2, -0.15) is 0 Å². The Morgan fingerprint density at radius 3 is 2.85 bits per heavy atom. The Balaban J connectivity index is 1.64. The summed E-state index contributed by atoms with van der Waals surface area (Å²) in [4.78, 5) is 2.57. The molecule has 1 N–H and O–H groups in total. The van der Waals surface area contributed by atoms with Crippen LogP contribution in [0.15, 0.2) is 24.3 Å². The van der Waals surface area contributed by atoms with E-state index in [1.54, 1.807) is 0 Å². The van der Waals surface area contributed by atoms with E-state index in [1.807, 2.05) is 13.0 Å². The third-order valence-corrected chi connectivity index (χ3v) is 4.02.